The molecule has 0 bridgehead atoms. The number of hydrogen-bond donors (Lipinski definition) is 2. The van der Waals surface area contributed by atoms with E-state index in [1.807, 2.05) is 0 Å². The first-order valence-corrected chi connectivity index (χ1v) is 7.41. The van der Waals surface area contributed by atoms with Gasteiger partial charge in [0.05, 0.1) is 18.8 Å². The summed E-state index contributed by atoms with van der Waals surface area (Å²) >= 11 is 0. The van der Waals surface area contributed by atoms with Gasteiger partial charge in [-0.1, -0.05) is 20.8 Å². The molecule has 0 spiro atoms. The van der Waals surface area contributed by atoms with Gasteiger partial charge in [-0.05, 0) is 48.9 Å². The topological polar surface area (TPSA) is 53.0 Å². The molecule has 3 rings (SSSR count). The minimum Gasteiger partial charge on any atom is -0.393 e. The van der Waals surface area contributed by atoms with Gasteiger partial charge in [-0.25, -0.2) is 0 Å². The Bertz CT molecular complexity index is 343. The highest BCUT2D eigenvalue weighted by atomic mass is 16.6. The first-order valence-electron chi connectivity index (χ1n) is 7.41. The van der Waals surface area contributed by atoms with Crippen molar-refractivity contribution in [1.82, 2.24) is 0 Å². The van der Waals surface area contributed by atoms with E-state index in [2.05, 4.69) is 20.8 Å². The van der Waals surface area contributed by atoms with Gasteiger partial charge in [0.2, 0.25) is 0 Å². The van der Waals surface area contributed by atoms with Crippen molar-refractivity contribution in [3.05, 3.63) is 0 Å². The Kier molecular flexibility index (Phi) is 2.82. The summed E-state index contributed by atoms with van der Waals surface area (Å²) in [6.45, 7) is 6.90. The SMILES string of the molecule is CC(C)[C@H]1CC[C@@]2(C)C1[C@@H]1O[C@]1(CO)CC[C@@H]2O. The average Bonchev–Trinajstić information content (AvgIpc) is 2.95. The van der Waals surface area contributed by atoms with E-state index in [9.17, 15) is 10.2 Å². The van der Waals surface area contributed by atoms with E-state index < -0.39 is 0 Å². The third-order valence-corrected chi connectivity index (χ3v) is 6.11. The summed E-state index contributed by atoms with van der Waals surface area (Å²) < 4.78 is 5.94. The fraction of sp³-hybridized carbons (Fsp3) is 1.00. The van der Waals surface area contributed by atoms with E-state index in [1.54, 1.807) is 0 Å². The second kappa shape index (κ2) is 3.94. The lowest BCUT2D eigenvalue weighted by Crippen LogP contribution is -2.40. The molecule has 2 aliphatic carbocycles. The summed E-state index contributed by atoms with van der Waals surface area (Å²) in [5.74, 6) is 1.67. The van der Waals surface area contributed by atoms with Crippen LogP contribution in [0, 0.1) is 23.2 Å². The second-order valence-corrected chi connectivity index (χ2v) is 7.29. The number of hydrogen-bond acceptors (Lipinski definition) is 3. The Morgan fingerprint density at radius 1 is 1.28 bits per heavy atom. The number of aliphatic hydroxyl groups excluding tert-OH is 2. The Balaban J connectivity index is 1.95. The maximum Gasteiger partial charge on any atom is 0.118 e. The normalized spacial score (nSPS) is 55.0. The highest BCUT2D eigenvalue weighted by Gasteiger charge is 2.69. The van der Waals surface area contributed by atoms with Crippen molar-refractivity contribution in [3.8, 4) is 0 Å². The van der Waals surface area contributed by atoms with Crippen LogP contribution in [0.1, 0.15) is 46.5 Å². The second-order valence-electron chi connectivity index (χ2n) is 7.29. The maximum atomic E-state index is 10.5. The van der Waals surface area contributed by atoms with Crippen LogP contribution in [0.25, 0.3) is 0 Å². The number of fused-ring (bicyclic) bond motifs is 3. The van der Waals surface area contributed by atoms with Crippen LogP contribution in [0.5, 0.6) is 0 Å². The molecule has 2 N–H and O–H groups in total. The molecule has 1 saturated heterocycles. The lowest BCUT2D eigenvalue weighted by atomic mass is 9.69. The molecule has 3 aliphatic rings. The number of rotatable bonds is 2. The highest BCUT2D eigenvalue weighted by molar-refractivity contribution is 5.16. The van der Waals surface area contributed by atoms with Crippen LogP contribution in [0.4, 0.5) is 0 Å². The number of ether oxygens (including phenoxy) is 1. The molecule has 0 aromatic carbocycles. The Labute approximate surface area is 110 Å². The standard InChI is InChI=1S/C15H26O3/c1-9(2)10-4-6-14(3)11(17)5-7-15(8-16)13(18-15)12(10)14/h9-13,16-17H,4-8H2,1-3H3/t10-,11+,12?,13+,14-,15+/m1/s1. The van der Waals surface area contributed by atoms with Gasteiger partial charge >= 0.3 is 0 Å². The monoisotopic (exact) mass is 254 g/mol. The maximum absolute atomic E-state index is 10.5. The van der Waals surface area contributed by atoms with Gasteiger partial charge in [-0.15, -0.1) is 0 Å². The molecule has 3 nitrogen and oxygen atoms in total. The van der Waals surface area contributed by atoms with Crippen LogP contribution < -0.4 is 0 Å². The Morgan fingerprint density at radius 3 is 2.61 bits per heavy atom. The van der Waals surface area contributed by atoms with Crippen molar-refractivity contribution < 1.29 is 14.9 Å². The summed E-state index contributed by atoms with van der Waals surface area (Å²) in [5, 5.41) is 20.2. The quantitative estimate of drug-likeness (QED) is 0.741. The molecule has 2 saturated carbocycles. The third-order valence-electron chi connectivity index (χ3n) is 6.11. The lowest BCUT2D eigenvalue weighted by molar-refractivity contribution is -0.0203. The van der Waals surface area contributed by atoms with Gasteiger partial charge < -0.3 is 14.9 Å². The minimum atomic E-state index is -0.319. The van der Waals surface area contributed by atoms with Crippen molar-refractivity contribution >= 4 is 0 Å². The largest absolute Gasteiger partial charge is 0.393 e. The van der Waals surface area contributed by atoms with Crippen LogP contribution in [0.15, 0.2) is 0 Å². The van der Waals surface area contributed by atoms with Gasteiger partial charge in [0.25, 0.3) is 0 Å². The van der Waals surface area contributed by atoms with Crippen molar-refractivity contribution in [2.75, 3.05) is 6.61 Å². The van der Waals surface area contributed by atoms with Crippen molar-refractivity contribution in [1.29, 1.82) is 0 Å². The Morgan fingerprint density at radius 2 is 2.00 bits per heavy atom. The summed E-state index contributed by atoms with van der Waals surface area (Å²) in [6, 6.07) is 0. The molecule has 3 fully saturated rings. The highest BCUT2D eigenvalue weighted by Crippen LogP contribution is 2.63. The van der Waals surface area contributed by atoms with Gasteiger partial charge in [0.1, 0.15) is 5.60 Å². The molecule has 0 radical (unpaired) electrons. The predicted octanol–water partition coefficient (Wildman–Crippen LogP) is 1.96. The van der Waals surface area contributed by atoms with E-state index in [1.165, 1.54) is 6.42 Å². The molecule has 1 unspecified atom stereocenters. The molecule has 3 heteroatoms. The van der Waals surface area contributed by atoms with Crippen molar-refractivity contribution in [3.63, 3.8) is 0 Å². The fourth-order valence-electron chi connectivity index (χ4n) is 4.76. The lowest BCUT2D eigenvalue weighted by Gasteiger charge is -2.37. The van der Waals surface area contributed by atoms with E-state index in [4.69, 9.17) is 4.74 Å². The van der Waals surface area contributed by atoms with Gasteiger partial charge in [-0.3, -0.25) is 0 Å². The van der Waals surface area contributed by atoms with E-state index in [0.717, 1.165) is 19.3 Å². The van der Waals surface area contributed by atoms with Gasteiger partial charge in [0, 0.05) is 0 Å². The van der Waals surface area contributed by atoms with E-state index >= 15 is 0 Å². The van der Waals surface area contributed by atoms with Crippen molar-refractivity contribution in [2.24, 2.45) is 23.2 Å². The van der Waals surface area contributed by atoms with Gasteiger partial charge in [-0.2, -0.15) is 0 Å². The first-order chi connectivity index (χ1) is 8.44. The molecular weight excluding hydrogens is 228 g/mol. The minimum absolute atomic E-state index is 0.00692. The molecular formula is C15H26O3. The van der Waals surface area contributed by atoms with Gasteiger partial charge in [0.15, 0.2) is 0 Å². The van der Waals surface area contributed by atoms with E-state index in [0.29, 0.717) is 17.8 Å². The van der Waals surface area contributed by atoms with Crippen LogP contribution >= 0.6 is 0 Å². The molecule has 6 atom stereocenters. The smallest absolute Gasteiger partial charge is 0.118 e. The molecule has 0 aromatic heterocycles. The van der Waals surface area contributed by atoms with Crippen molar-refractivity contribution in [2.45, 2.75) is 64.3 Å². The average molecular weight is 254 g/mol. The first kappa shape index (κ1) is 12.9. The van der Waals surface area contributed by atoms with Crippen LogP contribution in [0.3, 0.4) is 0 Å². The zero-order chi connectivity index (χ0) is 13.1. The third kappa shape index (κ3) is 1.53. The molecule has 0 aromatic rings. The summed E-state index contributed by atoms with van der Waals surface area (Å²) in [7, 11) is 0. The predicted molar refractivity (Wildman–Crippen MR) is 69.1 cm³/mol. The fourth-order valence-corrected chi connectivity index (χ4v) is 4.76. The summed E-state index contributed by atoms with van der Waals surface area (Å²) in [6.07, 6.45) is 3.83. The van der Waals surface area contributed by atoms with E-state index in [-0.39, 0.29) is 29.8 Å². The zero-order valence-electron chi connectivity index (χ0n) is 11.7. The number of epoxide rings is 1. The molecule has 18 heavy (non-hydrogen) atoms. The van der Waals surface area contributed by atoms with Crippen LogP contribution in [-0.2, 0) is 4.74 Å². The Hall–Kier alpha value is -0.120. The molecule has 1 aliphatic heterocycles. The molecule has 1 heterocycles. The van der Waals surface area contributed by atoms with Crippen LogP contribution in [-0.4, -0.2) is 34.6 Å². The molecule has 104 valence electrons. The summed E-state index contributed by atoms with van der Waals surface area (Å²) in [5.41, 5.74) is -0.325. The summed E-state index contributed by atoms with van der Waals surface area (Å²) in [4.78, 5) is 0. The van der Waals surface area contributed by atoms with Crippen LogP contribution in [0.2, 0.25) is 0 Å². The zero-order valence-corrected chi connectivity index (χ0v) is 11.7. The molecule has 0 amide bonds. The number of aliphatic hydroxyl groups is 2.